The molecule has 2 aromatic rings. The first-order chi connectivity index (χ1) is 13.0. The number of hydrogen-bond acceptors (Lipinski definition) is 6. The number of carbonyl (C=O) groups excluding carboxylic acids is 2. The molecule has 0 aliphatic rings. The molecule has 0 bridgehead atoms. The zero-order chi connectivity index (χ0) is 19.6. The van der Waals surface area contributed by atoms with Crippen LogP contribution >= 0.6 is 0 Å². The Labute approximate surface area is 156 Å². The molecule has 0 saturated heterocycles. The summed E-state index contributed by atoms with van der Waals surface area (Å²) in [5.41, 5.74) is 0.303. The minimum Gasteiger partial charge on any atom is -0.462 e. The molecule has 2 rings (SSSR count). The van der Waals surface area contributed by atoms with Gasteiger partial charge in [0.2, 0.25) is 0 Å². The molecular weight excluding hydrogens is 348 g/mol. The third kappa shape index (κ3) is 6.21. The quantitative estimate of drug-likeness (QED) is 0.392. The minimum atomic E-state index is -0.565. The first-order valence-corrected chi connectivity index (χ1v) is 7.86. The molecule has 0 N–H and O–H groups in total. The fourth-order valence-corrected chi connectivity index (χ4v) is 1.89. The first kappa shape index (κ1) is 19.5. The van der Waals surface area contributed by atoms with E-state index in [1.807, 2.05) is 24.3 Å². The Balaban J connectivity index is 1.97. The second-order valence-corrected chi connectivity index (χ2v) is 5.28. The van der Waals surface area contributed by atoms with Crippen LogP contribution in [-0.4, -0.2) is 11.9 Å². The summed E-state index contributed by atoms with van der Waals surface area (Å²) in [7, 11) is 0. The highest BCUT2D eigenvalue weighted by Crippen LogP contribution is 2.25. The summed E-state index contributed by atoms with van der Waals surface area (Å²) in [5, 5.41) is 1.85. The van der Waals surface area contributed by atoms with Gasteiger partial charge in [0.15, 0.2) is 0 Å². The first-order valence-electron chi connectivity index (χ1n) is 7.86. The van der Waals surface area contributed by atoms with E-state index >= 15 is 0 Å². The predicted molar refractivity (Wildman–Crippen MR) is 101 cm³/mol. The van der Waals surface area contributed by atoms with Gasteiger partial charge in [0.05, 0.1) is 0 Å². The maximum absolute atomic E-state index is 11.2. The SMILES string of the molecule is C=CC(=O)O/C=C\Oc1ccc2cc(O/C=C\OC(=O)C(=C)C)ccc2c1. The van der Waals surface area contributed by atoms with Gasteiger partial charge in [0, 0.05) is 11.6 Å². The maximum atomic E-state index is 11.2. The van der Waals surface area contributed by atoms with E-state index in [0.717, 1.165) is 29.4 Å². The lowest BCUT2D eigenvalue weighted by molar-refractivity contribution is -0.134. The van der Waals surface area contributed by atoms with Crippen LogP contribution in [0.1, 0.15) is 6.92 Å². The molecule has 0 atom stereocenters. The van der Waals surface area contributed by atoms with Crippen molar-refractivity contribution in [2.75, 3.05) is 0 Å². The molecule has 6 heteroatoms. The van der Waals surface area contributed by atoms with E-state index in [4.69, 9.17) is 14.2 Å². The van der Waals surface area contributed by atoms with Crippen molar-refractivity contribution in [3.8, 4) is 11.5 Å². The Hall–Kier alpha value is -3.80. The summed E-state index contributed by atoms with van der Waals surface area (Å²) in [6.07, 6.45) is 5.88. The summed E-state index contributed by atoms with van der Waals surface area (Å²) in [6.45, 7) is 8.32. The average molecular weight is 366 g/mol. The van der Waals surface area contributed by atoms with Crippen LogP contribution in [0.4, 0.5) is 0 Å². The lowest BCUT2D eigenvalue weighted by Crippen LogP contribution is -1.99. The summed E-state index contributed by atoms with van der Waals surface area (Å²) in [4.78, 5) is 22.1. The smallest absolute Gasteiger partial charge is 0.338 e. The molecule has 27 heavy (non-hydrogen) atoms. The van der Waals surface area contributed by atoms with Crippen LogP contribution in [0.5, 0.6) is 11.5 Å². The number of benzene rings is 2. The van der Waals surface area contributed by atoms with Gasteiger partial charge in [-0.3, -0.25) is 0 Å². The van der Waals surface area contributed by atoms with Crippen LogP contribution in [0.25, 0.3) is 10.8 Å². The fraction of sp³-hybridized carbons (Fsp3) is 0.0476. The minimum absolute atomic E-state index is 0.303. The van der Waals surface area contributed by atoms with Gasteiger partial charge in [-0.2, -0.15) is 0 Å². The third-order valence-electron chi connectivity index (χ3n) is 3.18. The van der Waals surface area contributed by atoms with Crippen LogP contribution in [0, 0.1) is 0 Å². The molecule has 0 unspecified atom stereocenters. The second-order valence-electron chi connectivity index (χ2n) is 5.28. The van der Waals surface area contributed by atoms with Gasteiger partial charge in [0.1, 0.15) is 36.5 Å². The number of hydrogen-bond donors (Lipinski definition) is 0. The van der Waals surface area contributed by atoms with E-state index < -0.39 is 11.9 Å². The molecule has 0 aromatic heterocycles. The lowest BCUT2D eigenvalue weighted by atomic mass is 10.1. The lowest BCUT2D eigenvalue weighted by Gasteiger charge is -2.05. The summed E-state index contributed by atoms with van der Waals surface area (Å²) < 4.78 is 20.2. The summed E-state index contributed by atoms with van der Waals surface area (Å²) in [5.74, 6) is 0.0715. The van der Waals surface area contributed by atoms with Crippen LogP contribution in [-0.2, 0) is 19.1 Å². The second kappa shape index (κ2) is 9.62. The molecule has 0 heterocycles. The molecule has 0 aliphatic heterocycles. The molecule has 0 saturated carbocycles. The normalized spacial score (nSPS) is 10.7. The van der Waals surface area contributed by atoms with Crippen LogP contribution in [0.3, 0.4) is 0 Å². The van der Waals surface area contributed by atoms with Gasteiger partial charge in [-0.15, -0.1) is 0 Å². The van der Waals surface area contributed by atoms with Gasteiger partial charge in [-0.05, 0) is 42.0 Å². The molecular formula is C21H18O6. The van der Waals surface area contributed by atoms with Gasteiger partial charge in [-0.25, -0.2) is 9.59 Å². The van der Waals surface area contributed by atoms with Crippen LogP contribution in [0.15, 0.2) is 86.3 Å². The molecule has 0 amide bonds. The number of carbonyl (C=O) groups is 2. The average Bonchev–Trinajstić information content (AvgIpc) is 2.67. The van der Waals surface area contributed by atoms with Crippen molar-refractivity contribution in [1.29, 1.82) is 0 Å². The van der Waals surface area contributed by atoms with E-state index in [1.54, 1.807) is 19.1 Å². The Morgan fingerprint density at radius 2 is 1.37 bits per heavy atom. The van der Waals surface area contributed by atoms with Crippen molar-refractivity contribution in [1.82, 2.24) is 0 Å². The van der Waals surface area contributed by atoms with Crippen molar-refractivity contribution in [2.24, 2.45) is 0 Å². The summed E-state index contributed by atoms with van der Waals surface area (Å²) >= 11 is 0. The fourth-order valence-electron chi connectivity index (χ4n) is 1.89. The third-order valence-corrected chi connectivity index (χ3v) is 3.18. The highest BCUT2D eigenvalue weighted by Gasteiger charge is 2.01. The van der Waals surface area contributed by atoms with E-state index in [2.05, 4.69) is 17.9 Å². The number of fused-ring (bicyclic) bond motifs is 1. The standard InChI is InChI=1S/C21H18O6/c1-4-20(22)26-11-9-24-18-7-5-17-14-19(8-6-16(17)13-18)25-10-12-27-21(23)15(2)3/h4-14H,1-2H2,3H3/b11-9-,12-10-. The Morgan fingerprint density at radius 3 is 1.85 bits per heavy atom. The highest BCUT2D eigenvalue weighted by molar-refractivity contribution is 5.87. The topological polar surface area (TPSA) is 71.1 Å². The van der Waals surface area contributed by atoms with Crippen molar-refractivity contribution in [2.45, 2.75) is 6.92 Å². The largest absolute Gasteiger partial charge is 0.462 e. The van der Waals surface area contributed by atoms with Gasteiger partial charge in [-0.1, -0.05) is 25.3 Å². The predicted octanol–water partition coefficient (Wildman–Crippen LogP) is 4.39. The van der Waals surface area contributed by atoms with Gasteiger partial charge >= 0.3 is 11.9 Å². The van der Waals surface area contributed by atoms with E-state index in [9.17, 15) is 9.59 Å². The zero-order valence-electron chi connectivity index (χ0n) is 14.7. The Morgan fingerprint density at radius 1 is 0.852 bits per heavy atom. The Kier molecular flexibility index (Phi) is 6.96. The molecule has 6 nitrogen and oxygen atoms in total. The van der Waals surface area contributed by atoms with Crippen LogP contribution < -0.4 is 9.47 Å². The van der Waals surface area contributed by atoms with E-state index in [1.165, 1.54) is 12.5 Å². The van der Waals surface area contributed by atoms with Gasteiger partial charge < -0.3 is 18.9 Å². The molecule has 0 spiro atoms. The maximum Gasteiger partial charge on any atom is 0.338 e. The van der Waals surface area contributed by atoms with Crippen molar-refractivity contribution < 1.29 is 28.5 Å². The number of rotatable bonds is 8. The molecule has 0 fully saturated rings. The Bertz CT molecular complexity index is 923. The zero-order valence-corrected chi connectivity index (χ0v) is 14.7. The molecule has 0 radical (unpaired) electrons. The number of ether oxygens (including phenoxy) is 4. The summed E-state index contributed by atoms with van der Waals surface area (Å²) in [6, 6.07) is 10.9. The van der Waals surface area contributed by atoms with Crippen molar-refractivity contribution in [3.63, 3.8) is 0 Å². The molecule has 2 aromatic carbocycles. The van der Waals surface area contributed by atoms with E-state index in [0.29, 0.717) is 17.1 Å². The number of esters is 2. The van der Waals surface area contributed by atoms with Crippen LogP contribution in [0.2, 0.25) is 0 Å². The van der Waals surface area contributed by atoms with E-state index in [-0.39, 0.29) is 0 Å². The van der Waals surface area contributed by atoms with Crippen molar-refractivity contribution in [3.05, 3.63) is 86.3 Å². The van der Waals surface area contributed by atoms with Crippen molar-refractivity contribution >= 4 is 22.7 Å². The monoisotopic (exact) mass is 366 g/mol. The van der Waals surface area contributed by atoms with Gasteiger partial charge in [0.25, 0.3) is 0 Å². The highest BCUT2D eigenvalue weighted by atomic mass is 16.5. The molecule has 0 aliphatic carbocycles. The molecule has 138 valence electrons.